The molecular formula is C15H18ClFN2O. The molecule has 2 aromatic rings. The second kappa shape index (κ2) is 7.43. The highest BCUT2D eigenvalue weighted by atomic mass is 35.5. The fraction of sp³-hybridized carbons (Fsp3) is 0.333. The van der Waals surface area contributed by atoms with Crippen molar-refractivity contribution in [1.82, 2.24) is 9.88 Å². The summed E-state index contributed by atoms with van der Waals surface area (Å²) in [6, 6.07) is 6.63. The molecule has 0 aliphatic rings. The number of nitrogens with one attached hydrogen (secondary N) is 1. The summed E-state index contributed by atoms with van der Waals surface area (Å²) in [6.45, 7) is 2.75. The fourth-order valence-corrected chi connectivity index (χ4v) is 2.16. The van der Waals surface area contributed by atoms with Crippen LogP contribution >= 0.6 is 11.6 Å². The van der Waals surface area contributed by atoms with Crippen molar-refractivity contribution in [2.24, 2.45) is 0 Å². The summed E-state index contributed by atoms with van der Waals surface area (Å²) >= 11 is 5.89. The molecule has 20 heavy (non-hydrogen) atoms. The van der Waals surface area contributed by atoms with E-state index in [1.54, 1.807) is 19.2 Å². The Kier molecular flexibility index (Phi) is 5.59. The SMILES string of the molecule is COCCNCc1ccn(Cc2cc(Cl)ccc2F)c1. The van der Waals surface area contributed by atoms with E-state index in [1.807, 2.05) is 23.0 Å². The zero-order valence-corrected chi connectivity index (χ0v) is 12.2. The van der Waals surface area contributed by atoms with Crippen molar-refractivity contribution in [2.45, 2.75) is 13.1 Å². The third-order valence-electron chi connectivity index (χ3n) is 2.98. The quantitative estimate of drug-likeness (QED) is 0.795. The first-order chi connectivity index (χ1) is 9.69. The van der Waals surface area contributed by atoms with Gasteiger partial charge in [0, 0.05) is 49.7 Å². The molecule has 1 aromatic carbocycles. The lowest BCUT2D eigenvalue weighted by Gasteiger charge is -2.05. The standard InChI is InChI=1S/C15H18ClFN2O/c1-20-7-5-18-9-12-4-6-19(10-12)11-13-8-14(16)2-3-15(13)17/h2-4,6,8,10,18H,5,7,9,11H2,1H3. The molecular weight excluding hydrogens is 279 g/mol. The Bertz CT molecular complexity index is 557. The van der Waals surface area contributed by atoms with Gasteiger partial charge in [0.2, 0.25) is 0 Å². The van der Waals surface area contributed by atoms with Crippen LogP contribution in [0.25, 0.3) is 0 Å². The van der Waals surface area contributed by atoms with Crippen molar-refractivity contribution in [1.29, 1.82) is 0 Å². The molecule has 0 atom stereocenters. The smallest absolute Gasteiger partial charge is 0.128 e. The topological polar surface area (TPSA) is 26.2 Å². The van der Waals surface area contributed by atoms with Gasteiger partial charge >= 0.3 is 0 Å². The number of hydrogen-bond acceptors (Lipinski definition) is 2. The third kappa shape index (κ3) is 4.34. The lowest BCUT2D eigenvalue weighted by Crippen LogP contribution is -2.18. The van der Waals surface area contributed by atoms with E-state index in [0.29, 0.717) is 23.7 Å². The Labute approximate surface area is 123 Å². The molecule has 0 unspecified atom stereocenters. The molecule has 0 radical (unpaired) electrons. The van der Waals surface area contributed by atoms with Crippen LogP contribution in [0.4, 0.5) is 4.39 Å². The maximum atomic E-state index is 13.7. The van der Waals surface area contributed by atoms with Crippen molar-refractivity contribution < 1.29 is 9.13 Å². The number of nitrogens with zero attached hydrogens (tertiary/aromatic N) is 1. The molecule has 1 aromatic heterocycles. The minimum atomic E-state index is -0.233. The van der Waals surface area contributed by atoms with E-state index >= 15 is 0 Å². The highest BCUT2D eigenvalue weighted by Crippen LogP contribution is 2.16. The largest absolute Gasteiger partial charge is 0.383 e. The van der Waals surface area contributed by atoms with Gasteiger partial charge < -0.3 is 14.6 Å². The lowest BCUT2D eigenvalue weighted by atomic mass is 10.2. The van der Waals surface area contributed by atoms with Crippen molar-refractivity contribution in [3.05, 3.63) is 58.6 Å². The summed E-state index contributed by atoms with van der Waals surface area (Å²) in [5, 5.41) is 3.82. The minimum Gasteiger partial charge on any atom is -0.383 e. The number of methoxy groups -OCH3 is 1. The van der Waals surface area contributed by atoms with Crippen molar-refractivity contribution in [2.75, 3.05) is 20.3 Å². The van der Waals surface area contributed by atoms with E-state index in [0.717, 1.165) is 18.7 Å². The second-order valence-corrected chi connectivity index (χ2v) is 5.03. The van der Waals surface area contributed by atoms with Gasteiger partial charge in [0.15, 0.2) is 0 Å². The Morgan fingerprint density at radius 2 is 2.20 bits per heavy atom. The summed E-state index contributed by atoms with van der Waals surface area (Å²) < 4.78 is 20.6. The molecule has 0 spiro atoms. The van der Waals surface area contributed by atoms with Gasteiger partial charge in [-0.15, -0.1) is 0 Å². The predicted octanol–water partition coefficient (Wildman–Crippen LogP) is 3.06. The summed E-state index contributed by atoms with van der Waals surface area (Å²) in [4.78, 5) is 0. The highest BCUT2D eigenvalue weighted by Gasteiger charge is 2.04. The summed E-state index contributed by atoms with van der Waals surface area (Å²) in [5.41, 5.74) is 1.75. The van der Waals surface area contributed by atoms with Crippen LogP contribution in [0.2, 0.25) is 5.02 Å². The monoisotopic (exact) mass is 296 g/mol. The summed E-state index contributed by atoms with van der Waals surface area (Å²) in [6.07, 6.45) is 3.94. The van der Waals surface area contributed by atoms with Gasteiger partial charge in [-0.3, -0.25) is 0 Å². The summed E-state index contributed by atoms with van der Waals surface area (Å²) in [5.74, 6) is -0.233. The number of aromatic nitrogens is 1. The maximum Gasteiger partial charge on any atom is 0.128 e. The van der Waals surface area contributed by atoms with Gasteiger partial charge in [0.1, 0.15) is 5.82 Å². The first kappa shape index (κ1) is 15.0. The molecule has 0 bridgehead atoms. The van der Waals surface area contributed by atoms with E-state index in [9.17, 15) is 4.39 Å². The highest BCUT2D eigenvalue weighted by molar-refractivity contribution is 6.30. The number of ether oxygens (including phenoxy) is 1. The third-order valence-corrected chi connectivity index (χ3v) is 3.22. The van der Waals surface area contributed by atoms with Crippen LogP contribution in [0.3, 0.4) is 0 Å². The van der Waals surface area contributed by atoms with Gasteiger partial charge in [-0.25, -0.2) is 4.39 Å². The van der Waals surface area contributed by atoms with E-state index < -0.39 is 0 Å². The van der Waals surface area contributed by atoms with Crippen LogP contribution < -0.4 is 5.32 Å². The fourth-order valence-electron chi connectivity index (χ4n) is 1.96. The van der Waals surface area contributed by atoms with Crippen LogP contribution in [0.1, 0.15) is 11.1 Å². The Balaban J connectivity index is 1.93. The molecule has 3 nitrogen and oxygen atoms in total. The van der Waals surface area contributed by atoms with E-state index in [2.05, 4.69) is 5.32 Å². The molecule has 1 heterocycles. The molecule has 0 aliphatic heterocycles. The number of rotatable bonds is 7. The van der Waals surface area contributed by atoms with Crippen LogP contribution in [-0.2, 0) is 17.8 Å². The normalized spacial score (nSPS) is 10.9. The van der Waals surface area contributed by atoms with E-state index in [4.69, 9.17) is 16.3 Å². The summed E-state index contributed by atoms with van der Waals surface area (Å²) in [7, 11) is 1.68. The second-order valence-electron chi connectivity index (χ2n) is 4.60. The Morgan fingerprint density at radius 1 is 1.35 bits per heavy atom. The molecule has 5 heteroatoms. The molecule has 0 saturated carbocycles. The average Bonchev–Trinajstić information content (AvgIpc) is 2.87. The van der Waals surface area contributed by atoms with Crippen LogP contribution in [0.15, 0.2) is 36.7 Å². The first-order valence-corrected chi connectivity index (χ1v) is 6.85. The Hall–Kier alpha value is -1.36. The Morgan fingerprint density at radius 3 is 3.00 bits per heavy atom. The molecule has 108 valence electrons. The molecule has 0 aliphatic carbocycles. The zero-order valence-electron chi connectivity index (χ0n) is 11.4. The van der Waals surface area contributed by atoms with E-state index in [-0.39, 0.29) is 5.82 Å². The molecule has 0 fully saturated rings. The average molecular weight is 297 g/mol. The van der Waals surface area contributed by atoms with Gasteiger partial charge in [-0.05, 0) is 29.8 Å². The van der Waals surface area contributed by atoms with Crippen molar-refractivity contribution in [3.8, 4) is 0 Å². The van der Waals surface area contributed by atoms with Crippen molar-refractivity contribution in [3.63, 3.8) is 0 Å². The predicted molar refractivity (Wildman–Crippen MR) is 78.5 cm³/mol. The zero-order chi connectivity index (χ0) is 14.4. The molecule has 2 rings (SSSR count). The number of hydrogen-bond donors (Lipinski definition) is 1. The van der Waals surface area contributed by atoms with Gasteiger partial charge in [-0.2, -0.15) is 0 Å². The molecule has 0 saturated heterocycles. The van der Waals surface area contributed by atoms with Crippen LogP contribution in [-0.4, -0.2) is 24.8 Å². The lowest BCUT2D eigenvalue weighted by molar-refractivity contribution is 0.199. The van der Waals surface area contributed by atoms with Gasteiger partial charge in [0.05, 0.1) is 6.61 Å². The minimum absolute atomic E-state index is 0.233. The van der Waals surface area contributed by atoms with Gasteiger partial charge in [0.25, 0.3) is 0 Å². The maximum absolute atomic E-state index is 13.7. The van der Waals surface area contributed by atoms with E-state index in [1.165, 1.54) is 6.07 Å². The van der Waals surface area contributed by atoms with Gasteiger partial charge in [-0.1, -0.05) is 11.6 Å². The van der Waals surface area contributed by atoms with Crippen LogP contribution in [0, 0.1) is 5.82 Å². The number of halogens is 2. The van der Waals surface area contributed by atoms with Crippen LogP contribution in [0.5, 0.6) is 0 Å². The molecule has 1 N–H and O–H groups in total. The first-order valence-electron chi connectivity index (χ1n) is 6.47. The number of benzene rings is 1. The molecule has 0 amide bonds. The van der Waals surface area contributed by atoms with Crippen molar-refractivity contribution >= 4 is 11.6 Å².